The van der Waals surface area contributed by atoms with Gasteiger partial charge in [0.1, 0.15) is 5.82 Å². The molecule has 1 atom stereocenters. The molecule has 0 saturated carbocycles. The normalized spacial score (nSPS) is 16.8. The Kier molecular flexibility index (Phi) is 5.46. The molecule has 0 aromatic carbocycles. The Balaban J connectivity index is 1.69. The number of amides is 1. The van der Waals surface area contributed by atoms with Crippen molar-refractivity contribution in [2.45, 2.75) is 39.7 Å². The van der Waals surface area contributed by atoms with Crippen molar-refractivity contribution >= 4 is 11.7 Å². The predicted molar refractivity (Wildman–Crippen MR) is 101 cm³/mol. The molecule has 138 valence electrons. The van der Waals surface area contributed by atoms with Gasteiger partial charge >= 0.3 is 0 Å². The molecule has 3 rings (SSSR count). The highest BCUT2D eigenvalue weighted by Gasteiger charge is 2.24. The van der Waals surface area contributed by atoms with E-state index in [9.17, 15) is 4.79 Å². The van der Waals surface area contributed by atoms with Gasteiger partial charge in [0.05, 0.1) is 0 Å². The minimum atomic E-state index is -0.251. The molecule has 0 spiro atoms. The highest BCUT2D eigenvalue weighted by molar-refractivity contribution is 5.91. The molecular formula is C19H26N6O. The maximum atomic E-state index is 12.5. The number of aromatic nitrogens is 3. The smallest absolute Gasteiger partial charge is 0.289 e. The fraction of sp³-hybridized carbons (Fsp3) is 0.474. The lowest BCUT2D eigenvalue weighted by Crippen LogP contribution is -2.31. The molecule has 0 aliphatic carbocycles. The third-order valence-corrected chi connectivity index (χ3v) is 4.89. The number of carbonyl (C=O) groups excluding carboxylic acids is 1. The molecular weight excluding hydrogens is 328 g/mol. The van der Waals surface area contributed by atoms with Crippen LogP contribution in [0.5, 0.6) is 0 Å². The topological polar surface area (TPSA) is 97.0 Å². The van der Waals surface area contributed by atoms with Gasteiger partial charge in [-0.15, -0.1) is 0 Å². The van der Waals surface area contributed by atoms with Crippen LogP contribution in [0, 0.1) is 20.8 Å². The lowest BCUT2D eigenvalue weighted by Gasteiger charge is -2.20. The summed E-state index contributed by atoms with van der Waals surface area (Å²) >= 11 is 0. The van der Waals surface area contributed by atoms with Crippen molar-refractivity contribution < 1.29 is 4.79 Å². The van der Waals surface area contributed by atoms with Crippen LogP contribution in [0.1, 0.15) is 39.6 Å². The Morgan fingerprint density at radius 1 is 1.31 bits per heavy atom. The maximum absolute atomic E-state index is 12.5. The summed E-state index contributed by atoms with van der Waals surface area (Å²) < 4.78 is 0. The van der Waals surface area contributed by atoms with Crippen LogP contribution in [0.15, 0.2) is 18.3 Å². The Labute approximate surface area is 154 Å². The summed E-state index contributed by atoms with van der Waals surface area (Å²) in [4.78, 5) is 27.8. The van der Waals surface area contributed by atoms with Crippen LogP contribution < -0.4 is 16.0 Å². The first kappa shape index (κ1) is 18.3. The number of hydrogen-bond donors (Lipinski definition) is 2. The molecule has 1 aliphatic heterocycles. The molecule has 0 bridgehead atoms. The van der Waals surface area contributed by atoms with Gasteiger partial charge in [0.15, 0.2) is 0 Å². The second-order valence-corrected chi connectivity index (χ2v) is 6.83. The van der Waals surface area contributed by atoms with E-state index >= 15 is 0 Å². The molecule has 0 radical (unpaired) electrons. The summed E-state index contributed by atoms with van der Waals surface area (Å²) in [5.41, 5.74) is 9.95. The van der Waals surface area contributed by atoms with Crippen LogP contribution in [0.3, 0.4) is 0 Å². The average molecular weight is 354 g/mol. The van der Waals surface area contributed by atoms with Crippen LogP contribution in [0.4, 0.5) is 5.82 Å². The summed E-state index contributed by atoms with van der Waals surface area (Å²) in [5.74, 6) is 0.782. The van der Waals surface area contributed by atoms with Crippen LogP contribution in [-0.4, -0.2) is 46.5 Å². The van der Waals surface area contributed by atoms with Gasteiger partial charge in [-0.3, -0.25) is 9.78 Å². The van der Waals surface area contributed by atoms with Gasteiger partial charge in [0.2, 0.25) is 5.82 Å². The third kappa shape index (κ3) is 3.99. The molecule has 3 heterocycles. The quantitative estimate of drug-likeness (QED) is 0.840. The summed E-state index contributed by atoms with van der Waals surface area (Å²) in [6.45, 7) is 8.01. The Morgan fingerprint density at radius 3 is 2.81 bits per heavy atom. The van der Waals surface area contributed by atoms with E-state index in [4.69, 9.17) is 5.73 Å². The second kappa shape index (κ2) is 7.78. The standard InChI is InChI=1S/C19H26N6O/c1-12-13(2)23-17(24-18(12)25-10-7-16(20)11-25)19(26)22-9-6-15-5-4-8-21-14(15)3/h4-5,8,16H,6-7,9-11,20H2,1-3H3,(H,22,26)/t16-/m1/s1. The van der Waals surface area contributed by atoms with Crippen molar-refractivity contribution in [3.63, 3.8) is 0 Å². The van der Waals surface area contributed by atoms with E-state index in [-0.39, 0.29) is 17.8 Å². The number of aryl methyl sites for hydroxylation is 2. The van der Waals surface area contributed by atoms with E-state index in [0.29, 0.717) is 6.54 Å². The van der Waals surface area contributed by atoms with Gasteiger partial charge in [-0.1, -0.05) is 6.07 Å². The highest BCUT2D eigenvalue weighted by atomic mass is 16.2. The van der Waals surface area contributed by atoms with Crippen molar-refractivity contribution in [1.29, 1.82) is 0 Å². The fourth-order valence-corrected chi connectivity index (χ4v) is 3.17. The molecule has 26 heavy (non-hydrogen) atoms. The zero-order chi connectivity index (χ0) is 18.7. The fourth-order valence-electron chi connectivity index (χ4n) is 3.17. The molecule has 7 nitrogen and oxygen atoms in total. The number of pyridine rings is 1. The van der Waals surface area contributed by atoms with Gasteiger partial charge in [0, 0.05) is 48.8 Å². The average Bonchev–Trinajstić information content (AvgIpc) is 3.05. The van der Waals surface area contributed by atoms with E-state index in [0.717, 1.165) is 54.3 Å². The lowest BCUT2D eigenvalue weighted by molar-refractivity contribution is 0.0943. The molecule has 1 fully saturated rings. The number of nitrogens with two attached hydrogens (primary N) is 1. The Bertz CT molecular complexity index is 807. The highest BCUT2D eigenvalue weighted by Crippen LogP contribution is 2.23. The molecule has 7 heteroatoms. The first-order valence-electron chi connectivity index (χ1n) is 9.00. The van der Waals surface area contributed by atoms with Crippen molar-refractivity contribution in [2.75, 3.05) is 24.5 Å². The van der Waals surface area contributed by atoms with Crippen LogP contribution >= 0.6 is 0 Å². The monoisotopic (exact) mass is 354 g/mol. The second-order valence-electron chi connectivity index (χ2n) is 6.83. The molecule has 3 N–H and O–H groups in total. The van der Waals surface area contributed by atoms with Gasteiger partial charge in [0.25, 0.3) is 5.91 Å². The number of anilines is 1. The SMILES string of the molecule is Cc1ncccc1CCNC(=O)c1nc(C)c(C)c(N2CC[C@@H](N)C2)n1. The van der Waals surface area contributed by atoms with Gasteiger partial charge in [-0.2, -0.15) is 0 Å². The summed E-state index contributed by atoms with van der Waals surface area (Å²) in [6, 6.07) is 4.09. The zero-order valence-electron chi connectivity index (χ0n) is 15.6. The third-order valence-electron chi connectivity index (χ3n) is 4.89. The van der Waals surface area contributed by atoms with Crippen molar-refractivity contribution in [3.8, 4) is 0 Å². The molecule has 1 saturated heterocycles. The molecule has 2 aromatic heterocycles. The molecule has 2 aromatic rings. The predicted octanol–water partition coefficient (Wildman–Crippen LogP) is 1.31. The van der Waals surface area contributed by atoms with Crippen LogP contribution in [0.2, 0.25) is 0 Å². The molecule has 0 unspecified atom stereocenters. The number of rotatable bonds is 5. The molecule has 1 aliphatic rings. The van der Waals surface area contributed by atoms with Gasteiger partial charge < -0.3 is 16.0 Å². The first-order valence-corrected chi connectivity index (χ1v) is 9.00. The molecule has 1 amide bonds. The van der Waals surface area contributed by atoms with Crippen molar-refractivity contribution in [1.82, 2.24) is 20.3 Å². The van der Waals surface area contributed by atoms with Crippen LogP contribution in [0.25, 0.3) is 0 Å². The minimum Gasteiger partial charge on any atom is -0.355 e. The van der Waals surface area contributed by atoms with Crippen molar-refractivity contribution in [3.05, 3.63) is 46.7 Å². The number of nitrogens with zero attached hydrogens (tertiary/aromatic N) is 4. The van der Waals surface area contributed by atoms with Gasteiger partial charge in [-0.25, -0.2) is 9.97 Å². The van der Waals surface area contributed by atoms with Gasteiger partial charge in [-0.05, 0) is 45.2 Å². The Morgan fingerprint density at radius 2 is 2.12 bits per heavy atom. The van der Waals surface area contributed by atoms with E-state index < -0.39 is 0 Å². The number of nitrogens with one attached hydrogen (secondary N) is 1. The van der Waals surface area contributed by atoms with E-state index in [2.05, 4.69) is 25.2 Å². The van der Waals surface area contributed by atoms with E-state index in [1.807, 2.05) is 32.9 Å². The van der Waals surface area contributed by atoms with E-state index in [1.54, 1.807) is 6.20 Å². The van der Waals surface area contributed by atoms with E-state index in [1.165, 1.54) is 0 Å². The van der Waals surface area contributed by atoms with Crippen LogP contribution in [-0.2, 0) is 6.42 Å². The number of carbonyl (C=O) groups is 1. The largest absolute Gasteiger partial charge is 0.355 e. The van der Waals surface area contributed by atoms with Crippen molar-refractivity contribution in [2.24, 2.45) is 5.73 Å². The number of hydrogen-bond acceptors (Lipinski definition) is 6. The summed E-state index contributed by atoms with van der Waals surface area (Å²) in [5, 5.41) is 2.91. The Hall–Kier alpha value is -2.54. The zero-order valence-corrected chi connectivity index (χ0v) is 15.6. The first-order chi connectivity index (χ1) is 12.5. The maximum Gasteiger partial charge on any atom is 0.289 e. The summed E-state index contributed by atoms with van der Waals surface area (Å²) in [7, 11) is 0. The lowest BCUT2D eigenvalue weighted by atomic mass is 10.1. The summed E-state index contributed by atoms with van der Waals surface area (Å²) in [6.07, 6.45) is 3.44. The minimum absolute atomic E-state index is 0.157.